The quantitative estimate of drug-likeness (QED) is 0.0767. The second-order valence-corrected chi connectivity index (χ2v) is 19.4. The van der Waals surface area contributed by atoms with E-state index in [4.69, 9.17) is 21.0 Å². The third-order valence-electron chi connectivity index (χ3n) is 13.4. The molecule has 1 atom stereocenters. The van der Waals surface area contributed by atoms with Crippen LogP contribution in [0.3, 0.4) is 0 Å². The Morgan fingerprint density at radius 2 is 1.35 bits per heavy atom. The van der Waals surface area contributed by atoms with Crippen molar-refractivity contribution >= 4 is 29.1 Å². The van der Waals surface area contributed by atoms with Crippen molar-refractivity contribution < 1.29 is 29.9 Å². The molecule has 9 rings (SSSR count). The maximum atomic E-state index is 11.7. The Kier molecular flexibility index (Phi) is 12.2. The number of morpholine rings is 1. The van der Waals surface area contributed by atoms with Gasteiger partial charge in [-0.3, -0.25) is 0 Å². The molecule has 0 amide bonds. The van der Waals surface area contributed by atoms with Crippen LogP contribution in [0.5, 0.6) is 11.5 Å². The number of nitrogens with zero attached hydrogens (tertiary/aromatic N) is 1. The fourth-order valence-corrected chi connectivity index (χ4v) is 11.4. The van der Waals surface area contributed by atoms with Crippen LogP contribution in [0.4, 0.5) is 5.69 Å². The van der Waals surface area contributed by atoms with E-state index in [2.05, 4.69) is 112 Å². The highest BCUT2D eigenvalue weighted by Gasteiger charge is 2.54. The van der Waals surface area contributed by atoms with E-state index in [-0.39, 0.29) is 29.5 Å². The zero-order chi connectivity index (χ0) is 44.7. The summed E-state index contributed by atoms with van der Waals surface area (Å²) in [5.74, 6) is 4.14. The second-order valence-electron chi connectivity index (χ2n) is 19.1. The molecule has 1 saturated heterocycles. The first-order chi connectivity index (χ1) is 30.2. The van der Waals surface area contributed by atoms with Crippen molar-refractivity contribution in [1.82, 2.24) is 0 Å². The van der Waals surface area contributed by atoms with Gasteiger partial charge in [-0.1, -0.05) is 100 Å². The molecule has 3 aliphatic rings. The molecule has 6 aromatic carbocycles. The van der Waals surface area contributed by atoms with Gasteiger partial charge in [-0.05, 0) is 128 Å². The molecule has 6 aromatic rings. The molecule has 1 saturated carbocycles. The van der Waals surface area contributed by atoms with E-state index in [1.165, 1.54) is 39.9 Å². The molecule has 2 aliphatic carbocycles. The number of terminal acetylenes is 1. The van der Waals surface area contributed by atoms with Gasteiger partial charge >= 0.3 is 0 Å². The number of aliphatic hydroxyl groups is 3. The van der Waals surface area contributed by atoms with Crippen LogP contribution in [-0.2, 0) is 34.7 Å². The van der Waals surface area contributed by atoms with Crippen molar-refractivity contribution in [3.05, 3.63) is 148 Å². The van der Waals surface area contributed by atoms with Crippen molar-refractivity contribution in [2.45, 2.75) is 76.9 Å². The topological polar surface area (TPSA) is 103 Å². The Balaban J connectivity index is 0.000000229. The summed E-state index contributed by atoms with van der Waals surface area (Å²) < 4.78 is 10.6. The van der Waals surface area contributed by atoms with Crippen molar-refractivity contribution in [1.29, 1.82) is 0 Å². The van der Waals surface area contributed by atoms with Gasteiger partial charge in [0.05, 0.1) is 33.5 Å². The summed E-state index contributed by atoms with van der Waals surface area (Å²) in [6, 6.07) is 35.6. The molecule has 63 heavy (non-hydrogen) atoms. The number of phenols is 1. The van der Waals surface area contributed by atoms with Crippen molar-refractivity contribution in [3.8, 4) is 46.1 Å². The number of anilines is 1. The first kappa shape index (κ1) is 44.3. The van der Waals surface area contributed by atoms with Gasteiger partial charge in [-0.2, -0.15) is 12.6 Å². The number of aromatic hydroxyl groups is 1. The minimum atomic E-state index is -1.50. The van der Waals surface area contributed by atoms with Crippen LogP contribution in [-0.4, -0.2) is 53.8 Å². The lowest BCUT2D eigenvalue weighted by atomic mass is 9.52. The number of fused-ring (bicyclic) bond motifs is 7. The van der Waals surface area contributed by atoms with Crippen LogP contribution in [0.2, 0.25) is 0 Å². The molecular weight excluding hydrogens is 803 g/mol. The number of aliphatic hydroxyl groups excluding tert-OH is 2. The van der Waals surface area contributed by atoms with E-state index < -0.39 is 5.60 Å². The Hall–Kier alpha value is -5.27. The normalized spacial score (nSPS) is 17.8. The van der Waals surface area contributed by atoms with Gasteiger partial charge in [0.25, 0.3) is 0 Å². The monoisotopic (exact) mass is 861 g/mol. The van der Waals surface area contributed by atoms with E-state index in [9.17, 15) is 15.3 Å². The number of methoxy groups -OCH3 is 1. The highest BCUT2D eigenvalue weighted by molar-refractivity contribution is 7.79. The molecule has 1 spiro atoms. The van der Waals surface area contributed by atoms with Gasteiger partial charge in [0.2, 0.25) is 0 Å². The number of hydrogen-bond donors (Lipinski definition) is 5. The Morgan fingerprint density at radius 3 is 1.92 bits per heavy atom. The molecule has 1 aliphatic heterocycles. The SMILES string of the molecule is C#CC(O)(c1ccc(CO)cc1)c1ccc(OC)cc1.CC1(C)CC(C)(C)CC2(C1)c1cc(CS)ccc1-c1c2cc(O)c2cc(-c3ccc(N4CCOCC4)cc3)c(CO)cc12. The summed E-state index contributed by atoms with van der Waals surface area (Å²) in [6.07, 6.45) is 8.76. The Bertz CT molecular complexity index is 2590. The minimum Gasteiger partial charge on any atom is -0.507 e. The van der Waals surface area contributed by atoms with Gasteiger partial charge in [0.1, 0.15) is 11.5 Å². The zero-order valence-electron chi connectivity index (χ0n) is 37.0. The summed E-state index contributed by atoms with van der Waals surface area (Å²) in [7, 11) is 1.58. The van der Waals surface area contributed by atoms with E-state index in [0.29, 0.717) is 28.4 Å². The lowest BCUT2D eigenvalue weighted by molar-refractivity contribution is 0.0645. The van der Waals surface area contributed by atoms with Crippen molar-refractivity contribution in [2.24, 2.45) is 10.8 Å². The Morgan fingerprint density at radius 1 is 0.730 bits per heavy atom. The van der Waals surface area contributed by atoms with Crippen LogP contribution in [0.15, 0.2) is 109 Å². The molecule has 326 valence electrons. The average molecular weight is 862 g/mol. The highest BCUT2D eigenvalue weighted by atomic mass is 32.1. The third kappa shape index (κ3) is 8.34. The molecule has 2 fully saturated rings. The molecule has 0 bridgehead atoms. The van der Waals surface area contributed by atoms with Crippen LogP contribution in [0, 0.1) is 23.2 Å². The minimum absolute atomic E-state index is 0.0443. The van der Waals surface area contributed by atoms with E-state index >= 15 is 0 Å². The average Bonchev–Trinajstić information content (AvgIpc) is 3.54. The number of benzene rings is 6. The number of thiol groups is 1. The molecule has 4 N–H and O–H groups in total. The van der Waals surface area contributed by atoms with Crippen molar-refractivity contribution in [2.75, 3.05) is 38.3 Å². The number of ether oxygens (including phenoxy) is 2. The van der Waals surface area contributed by atoms with Gasteiger partial charge in [0.15, 0.2) is 5.60 Å². The first-order valence-electron chi connectivity index (χ1n) is 21.8. The fraction of sp³-hybridized carbons (Fsp3) is 0.345. The highest BCUT2D eigenvalue weighted by Crippen LogP contribution is 2.65. The summed E-state index contributed by atoms with van der Waals surface area (Å²) >= 11 is 4.64. The summed E-state index contributed by atoms with van der Waals surface area (Å²) in [5, 5.41) is 44.1. The number of phenolic OH excluding ortho intramolecular Hbond substituents is 1. The predicted octanol–water partition coefficient (Wildman–Crippen LogP) is 10.5. The van der Waals surface area contributed by atoms with Crippen LogP contribution in [0.25, 0.3) is 33.0 Å². The van der Waals surface area contributed by atoms with Gasteiger partial charge < -0.3 is 34.8 Å². The zero-order valence-corrected chi connectivity index (χ0v) is 37.9. The summed E-state index contributed by atoms with van der Waals surface area (Å²) in [5.41, 5.74) is 10.9. The molecule has 1 unspecified atom stereocenters. The molecule has 7 nitrogen and oxygen atoms in total. The lowest BCUT2D eigenvalue weighted by Gasteiger charge is -2.51. The lowest BCUT2D eigenvalue weighted by Crippen LogP contribution is -2.43. The van der Waals surface area contributed by atoms with Gasteiger partial charge in [-0.15, -0.1) is 6.42 Å². The smallest absolute Gasteiger partial charge is 0.176 e. The predicted molar refractivity (Wildman–Crippen MR) is 258 cm³/mol. The third-order valence-corrected chi connectivity index (χ3v) is 13.8. The van der Waals surface area contributed by atoms with Crippen LogP contribution < -0.4 is 9.64 Å². The standard InChI is InChI=1S/C38H43NO3S.C17H16O3/c1-36(2)21-37(3,4)23-38(22-36)32-15-24(20-43)5-10-28(32)35-31-16-26(19-40)29(17-30(31)34(41)18-33(35)38)25-6-8-27(9-7-25)39-11-13-42-14-12-39;1-3-17(19,14-6-4-13(12-18)5-7-14)15-8-10-16(20-2)11-9-15/h5-10,15-18,40-41,43H,11-14,19-23H2,1-4H3;1,4-11,18-19H,12H2,2H3. The van der Waals surface area contributed by atoms with E-state index in [1.54, 1.807) is 55.6 Å². The number of hydrogen-bond acceptors (Lipinski definition) is 8. The second kappa shape index (κ2) is 17.4. The van der Waals surface area contributed by atoms with E-state index in [1.807, 2.05) is 0 Å². The maximum Gasteiger partial charge on any atom is 0.176 e. The molecule has 1 heterocycles. The van der Waals surface area contributed by atoms with Crippen LogP contribution in [0.1, 0.15) is 85.9 Å². The number of rotatable bonds is 8. The maximum absolute atomic E-state index is 11.7. The van der Waals surface area contributed by atoms with Gasteiger partial charge in [0, 0.05) is 46.5 Å². The first-order valence-corrected chi connectivity index (χ1v) is 22.5. The summed E-state index contributed by atoms with van der Waals surface area (Å²) in [6.45, 7) is 12.8. The molecule has 0 radical (unpaired) electrons. The molecular formula is C55H59NO6S. The largest absolute Gasteiger partial charge is 0.507 e. The van der Waals surface area contributed by atoms with Crippen LogP contribution >= 0.6 is 12.6 Å². The molecule has 8 heteroatoms. The Labute approximate surface area is 377 Å². The summed E-state index contributed by atoms with van der Waals surface area (Å²) in [4.78, 5) is 2.34. The molecule has 0 aromatic heterocycles. The van der Waals surface area contributed by atoms with E-state index in [0.717, 1.165) is 72.2 Å². The fourth-order valence-electron chi connectivity index (χ4n) is 11.2. The van der Waals surface area contributed by atoms with Crippen molar-refractivity contribution in [3.63, 3.8) is 0 Å². The van der Waals surface area contributed by atoms with Gasteiger partial charge in [-0.25, -0.2) is 0 Å².